The zero-order valence-corrected chi connectivity index (χ0v) is 8.77. The summed E-state index contributed by atoms with van der Waals surface area (Å²) in [6.07, 6.45) is 3.47. The summed E-state index contributed by atoms with van der Waals surface area (Å²) in [5, 5.41) is 4.13. The zero-order valence-electron chi connectivity index (χ0n) is 8.77. The van der Waals surface area contributed by atoms with E-state index >= 15 is 0 Å². The van der Waals surface area contributed by atoms with Gasteiger partial charge in [-0.2, -0.15) is 5.10 Å². The fourth-order valence-corrected chi connectivity index (χ4v) is 1.84. The van der Waals surface area contributed by atoms with Gasteiger partial charge in [0.2, 0.25) is 5.91 Å². The summed E-state index contributed by atoms with van der Waals surface area (Å²) in [6.45, 7) is 4.07. The van der Waals surface area contributed by atoms with E-state index in [1.165, 1.54) is 0 Å². The van der Waals surface area contributed by atoms with Crippen molar-refractivity contribution >= 4 is 11.4 Å². The standard InChI is InChI=1S/C11H13N3O/c1-7(2)10-8(11(12)15)4-6-14-9(10)3-5-13-14/h3-7H,1-2H3,(H2,12,15). The maximum atomic E-state index is 11.3. The minimum atomic E-state index is -0.387. The van der Waals surface area contributed by atoms with Crippen LogP contribution in [0.1, 0.15) is 35.7 Å². The number of carbonyl (C=O) groups excluding carboxylic acids is 1. The van der Waals surface area contributed by atoms with E-state index in [0.29, 0.717) is 5.56 Å². The fourth-order valence-electron chi connectivity index (χ4n) is 1.84. The van der Waals surface area contributed by atoms with Crippen LogP contribution < -0.4 is 5.73 Å². The molecule has 0 saturated carbocycles. The normalized spacial score (nSPS) is 11.1. The lowest BCUT2D eigenvalue weighted by Crippen LogP contribution is -2.15. The third kappa shape index (κ3) is 1.48. The molecule has 2 aromatic heterocycles. The first-order chi connectivity index (χ1) is 7.11. The van der Waals surface area contributed by atoms with Gasteiger partial charge in [0.15, 0.2) is 0 Å². The van der Waals surface area contributed by atoms with Crippen LogP contribution in [-0.4, -0.2) is 15.5 Å². The van der Waals surface area contributed by atoms with Gasteiger partial charge >= 0.3 is 0 Å². The second-order valence-corrected chi connectivity index (χ2v) is 3.82. The molecule has 2 aromatic rings. The first-order valence-corrected chi connectivity index (χ1v) is 4.87. The van der Waals surface area contributed by atoms with E-state index in [9.17, 15) is 4.79 Å². The highest BCUT2D eigenvalue weighted by Crippen LogP contribution is 2.24. The molecule has 0 bridgehead atoms. The van der Waals surface area contributed by atoms with Gasteiger partial charge in [0, 0.05) is 18.0 Å². The Balaban J connectivity index is 2.81. The van der Waals surface area contributed by atoms with E-state index in [1.807, 2.05) is 19.9 Å². The number of hydrogen-bond donors (Lipinski definition) is 1. The van der Waals surface area contributed by atoms with Crippen molar-refractivity contribution in [2.45, 2.75) is 19.8 Å². The first-order valence-electron chi connectivity index (χ1n) is 4.87. The van der Waals surface area contributed by atoms with Crippen molar-refractivity contribution in [3.63, 3.8) is 0 Å². The second kappa shape index (κ2) is 3.38. The molecule has 0 aromatic carbocycles. The smallest absolute Gasteiger partial charge is 0.249 e. The molecule has 2 heterocycles. The van der Waals surface area contributed by atoms with Crippen LogP contribution in [0.2, 0.25) is 0 Å². The number of nitrogens with zero attached hydrogens (tertiary/aromatic N) is 2. The van der Waals surface area contributed by atoms with E-state index in [0.717, 1.165) is 11.1 Å². The number of hydrogen-bond acceptors (Lipinski definition) is 2. The van der Waals surface area contributed by atoms with Crippen LogP contribution in [0.4, 0.5) is 0 Å². The summed E-state index contributed by atoms with van der Waals surface area (Å²) in [4.78, 5) is 11.3. The predicted molar refractivity (Wildman–Crippen MR) is 57.8 cm³/mol. The Morgan fingerprint density at radius 1 is 1.47 bits per heavy atom. The van der Waals surface area contributed by atoms with Crippen LogP contribution in [0.5, 0.6) is 0 Å². The summed E-state index contributed by atoms with van der Waals surface area (Å²) >= 11 is 0. The largest absolute Gasteiger partial charge is 0.366 e. The van der Waals surface area contributed by atoms with E-state index in [4.69, 9.17) is 5.73 Å². The third-order valence-corrected chi connectivity index (χ3v) is 2.46. The fraction of sp³-hybridized carbons (Fsp3) is 0.273. The molecule has 15 heavy (non-hydrogen) atoms. The lowest BCUT2D eigenvalue weighted by atomic mass is 9.97. The van der Waals surface area contributed by atoms with E-state index in [1.54, 1.807) is 23.0 Å². The molecule has 0 fully saturated rings. The van der Waals surface area contributed by atoms with Crippen molar-refractivity contribution in [2.75, 3.05) is 0 Å². The molecule has 0 unspecified atom stereocenters. The monoisotopic (exact) mass is 203 g/mol. The van der Waals surface area contributed by atoms with Crippen molar-refractivity contribution in [1.82, 2.24) is 9.61 Å². The lowest BCUT2D eigenvalue weighted by molar-refractivity contribution is 0.0999. The van der Waals surface area contributed by atoms with E-state index in [-0.39, 0.29) is 11.8 Å². The van der Waals surface area contributed by atoms with Gasteiger partial charge in [-0.05, 0) is 23.6 Å². The Labute approximate surface area is 87.7 Å². The lowest BCUT2D eigenvalue weighted by Gasteiger charge is -2.11. The summed E-state index contributed by atoms with van der Waals surface area (Å²) in [6, 6.07) is 3.61. The molecular formula is C11H13N3O. The van der Waals surface area contributed by atoms with Gasteiger partial charge in [-0.1, -0.05) is 13.8 Å². The topological polar surface area (TPSA) is 60.4 Å². The molecule has 4 nitrogen and oxygen atoms in total. The molecule has 0 radical (unpaired) electrons. The van der Waals surface area contributed by atoms with Gasteiger partial charge in [-0.25, -0.2) is 4.52 Å². The molecule has 2 rings (SSSR count). The highest BCUT2D eigenvalue weighted by atomic mass is 16.1. The van der Waals surface area contributed by atoms with Crippen LogP contribution in [0, 0.1) is 0 Å². The molecule has 2 N–H and O–H groups in total. The van der Waals surface area contributed by atoms with Gasteiger partial charge in [0.1, 0.15) is 0 Å². The number of pyridine rings is 1. The van der Waals surface area contributed by atoms with Crippen molar-refractivity contribution in [3.8, 4) is 0 Å². The van der Waals surface area contributed by atoms with Crippen LogP contribution in [0.25, 0.3) is 5.52 Å². The van der Waals surface area contributed by atoms with Crippen LogP contribution in [0.15, 0.2) is 24.5 Å². The maximum absolute atomic E-state index is 11.3. The van der Waals surface area contributed by atoms with Gasteiger partial charge < -0.3 is 5.73 Å². The highest BCUT2D eigenvalue weighted by molar-refractivity contribution is 5.96. The second-order valence-electron chi connectivity index (χ2n) is 3.82. The molecule has 1 amide bonds. The van der Waals surface area contributed by atoms with Gasteiger partial charge in [-0.3, -0.25) is 4.79 Å². The SMILES string of the molecule is CC(C)c1c(C(N)=O)ccn2nccc12. The number of primary amides is 1. The first kappa shape index (κ1) is 9.71. The molecule has 0 saturated heterocycles. The number of fused-ring (bicyclic) bond motifs is 1. The van der Waals surface area contributed by atoms with Gasteiger partial charge in [0.05, 0.1) is 5.52 Å². The van der Waals surface area contributed by atoms with Crippen molar-refractivity contribution < 1.29 is 4.79 Å². The van der Waals surface area contributed by atoms with E-state index < -0.39 is 0 Å². The Kier molecular flexibility index (Phi) is 2.19. The van der Waals surface area contributed by atoms with E-state index in [2.05, 4.69) is 5.10 Å². The zero-order chi connectivity index (χ0) is 11.0. The van der Waals surface area contributed by atoms with Gasteiger partial charge in [0.25, 0.3) is 0 Å². The van der Waals surface area contributed by atoms with Crippen molar-refractivity contribution in [3.05, 3.63) is 35.7 Å². The minimum absolute atomic E-state index is 0.243. The Morgan fingerprint density at radius 3 is 2.80 bits per heavy atom. The third-order valence-electron chi connectivity index (χ3n) is 2.46. The molecule has 0 spiro atoms. The molecule has 0 atom stereocenters. The minimum Gasteiger partial charge on any atom is -0.366 e. The van der Waals surface area contributed by atoms with Crippen molar-refractivity contribution in [2.24, 2.45) is 5.73 Å². The molecule has 4 heteroatoms. The Bertz CT molecular complexity index is 514. The summed E-state index contributed by atoms with van der Waals surface area (Å²) in [5.74, 6) is -0.143. The van der Waals surface area contributed by atoms with Crippen molar-refractivity contribution in [1.29, 1.82) is 0 Å². The number of nitrogens with two attached hydrogens (primary N) is 1. The quantitative estimate of drug-likeness (QED) is 0.805. The Morgan fingerprint density at radius 2 is 2.20 bits per heavy atom. The molecular weight excluding hydrogens is 190 g/mol. The number of amides is 1. The number of rotatable bonds is 2. The molecule has 0 aliphatic carbocycles. The highest BCUT2D eigenvalue weighted by Gasteiger charge is 2.15. The summed E-state index contributed by atoms with van der Waals surface area (Å²) < 4.78 is 1.75. The molecule has 0 aliphatic rings. The van der Waals surface area contributed by atoms with Gasteiger partial charge in [-0.15, -0.1) is 0 Å². The predicted octanol–water partition coefficient (Wildman–Crippen LogP) is 1.56. The number of aromatic nitrogens is 2. The average molecular weight is 203 g/mol. The summed E-state index contributed by atoms with van der Waals surface area (Å²) in [5.41, 5.74) is 7.83. The van der Waals surface area contributed by atoms with Crippen LogP contribution in [-0.2, 0) is 0 Å². The summed E-state index contributed by atoms with van der Waals surface area (Å²) in [7, 11) is 0. The Hall–Kier alpha value is -1.84. The number of carbonyl (C=O) groups is 1. The van der Waals surface area contributed by atoms with Crippen LogP contribution >= 0.6 is 0 Å². The molecule has 0 aliphatic heterocycles. The maximum Gasteiger partial charge on any atom is 0.249 e. The average Bonchev–Trinajstić information content (AvgIpc) is 2.62. The molecule has 78 valence electrons. The van der Waals surface area contributed by atoms with Crippen LogP contribution in [0.3, 0.4) is 0 Å².